The zero-order valence-electron chi connectivity index (χ0n) is 12.2. The Morgan fingerprint density at radius 2 is 1.89 bits per heavy atom. The van der Waals surface area contributed by atoms with Gasteiger partial charge in [-0.2, -0.15) is 0 Å². The van der Waals surface area contributed by atoms with E-state index in [0.29, 0.717) is 6.04 Å². The molecule has 0 aromatic heterocycles. The molecule has 19 heavy (non-hydrogen) atoms. The van der Waals surface area contributed by atoms with Gasteiger partial charge in [0.05, 0.1) is 6.04 Å². The predicted octanol–water partition coefficient (Wildman–Crippen LogP) is 4.49. The van der Waals surface area contributed by atoms with E-state index in [2.05, 4.69) is 44.3 Å². The molecule has 2 nitrogen and oxygen atoms in total. The molecule has 0 fully saturated rings. The number of amidine groups is 1. The first-order chi connectivity index (χ1) is 9.28. The van der Waals surface area contributed by atoms with E-state index in [-0.39, 0.29) is 0 Å². The zero-order chi connectivity index (χ0) is 13.7. The number of aliphatic imine (C=N–C) groups is 1. The predicted molar refractivity (Wildman–Crippen MR) is 87.4 cm³/mol. The van der Waals surface area contributed by atoms with E-state index in [1.165, 1.54) is 29.0 Å². The van der Waals surface area contributed by atoms with Gasteiger partial charge in [0.25, 0.3) is 0 Å². The van der Waals surface area contributed by atoms with E-state index >= 15 is 0 Å². The van der Waals surface area contributed by atoms with Gasteiger partial charge in [-0.25, -0.2) is 0 Å². The van der Waals surface area contributed by atoms with E-state index in [9.17, 15) is 0 Å². The van der Waals surface area contributed by atoms with Gasteiger partial charge in [0, 0.05) is 11.4 Å². The molecule has 1 aliphatic heterocycles. The minimum atomic E-state index is 0.502. The lowest BCUT2D eigenvalue weighted by molar-refractivity contribution is 0.634. The van der Waals surface area contributed by atoms with Gasteiger partial charge in [0.1, 0.15) is 0 Å². The Hall–Kier alpha value is -0.960. The first-order valence-corrected chi connectivity index (χ1v) is 8.35. The van der Waals surface area contributed by atoms with Crippen molar-refractivity contribution in [1.29, 1.82) is 0 Å². The van der Waals surface area contributed by atoms with Crippen molar-refractivity contribution in [1.82, 2.24) is 0 Å². The number of rotatable bonds is 4. The molecule has 1 atom stereocenters. The van der Waals surface area contributed by atoms with Crippen LogP contribution in [0.2, 0.25) is 0 Å². The van der Waals surface area contributed by atoms with Gasteiger partial charge in [-0.1, -0.05) is 50.7 Å². The van der Waals surface area contributed by atoms with Gasteiger partial charge >= 0.3 is 0 Å². The Bertz CT molecular complexity index is 432. The Labute approximate surface area is 121 Å². The molecular weight excluding hydrogens is 252 g/mol. The van der Waals surface area contributed by atoms with Crippen LogP contribution in [0.5, 0.6) is 0 Å². The molecular formula is C16H24N2S. The first-order valence-electron chi connectivity index (χ1n) is 7.36. The van der Waals surface area contributed by atoms with E-state index in [0.717, 1.165) is 24.4 Å². The van der Waals surface area contributed by atoms with Crippen LogP contribution >= 0.6 is 11.8 Å². The highest BCUT2D eigenvalue weighted by atomic mass is 32.2. The van der Waals surface area contributed by atoms with E-state index in [1.807, 2.05) is 11.8 Å². The zero-order valence-corrected chi connectivity index (χ0v) is 13.0. The highest BCUT2D eigenvalue weighted by molar-refractivity contribution is 8.14. The highest BCUT2D eigenvalue weighted by Crippen LogP contribution is 2.26. The maximum atomic E-state index is 4.81. The van der Waals surface area contributed by atoms with Crippen LogP contribution in [-0.2, 0) is 12.8 Å². The van der Waals surface area contributed by atoms with E-state index in [4.69, 9.17) is 4.99 Å². The second-order valence-electron chi connectivity index (χ2n) is 4.92. The maximum absolute atomic E-state index is 4.81. The van der Waals surface area contributed by atoms with Gasteiger partial charge in [-0.15, -0.1) is 0 Å². The topological polar surface area (TPSA) is 24.4 Å². The third kappa shape index (κ3) is 3.53. The lowest BCUT2D eigenvalue weighted by atomic mass is 10.0. The number of para-hydroxylation sites is 1. The molecule has 1 aromatic carbocycles. The molecule has 1 heterocycles. The first kappa shape index (κ1) is 14.4. The lowest BCUT2D eigenvalue weighted by Crippen LogP contribution is -2.20. The van der Waals surface area contributed by atoms with Crippen LogP contribution in [0.1, 0.15) is 44.7 Å². The summed E-state index contributed by atoms with van der Waals surface area (Å²) in [6.45, 7) is 6.65. The molecule has 0 radical (unpaired) electrons. The average Bonchev–Trinajstić information content (AvgIpc) is 2.47. The van der Waals surface area contributed by atoms with Crippen molar-refractivity contribution in [3.8, 4) is 0 Å². The third-order valence-electron chi connectivity index (χ3n) is 3.69. The Morgan fingerprint density at radius 1 is 1.21 bits per heavy atom. The van der Waals surface area contributed by atoms with Crippen molar-refractivity contribution >= 4 is 22.6 Å². The van der Waals surface area contributed by atoms with E-state index in [1.54, 1.807) is 0 Å². The molecule has 1 unspecified atom stereocenters. The van der Waals surface area contributed by atoms with Crippen LogP contribution in [0, 0.1) is 0 Å². The van der Waals surface area contributed by atoms with Gasteiger partial charge in [-0.05, 0) is 36.8 Å². The highest BCUT2D eigenvalue weighted by Gasteiger charge is 2.16. The number of nitrogens with zero attached hydrogens (tertiary/aromatic N) is 1. The molecule has 0 bridgehead atoms. The third-order valence-corrected chi connectivity index (χ3v) is 4.61. The smallest absolute Gasteiger partial charge is 0.161 e. The van der Waals surface area contributed by atoms with Crippen molar-refractivity contribution < 1.29 is 0 Å². The van der Waals surface area contributed by atoms with Crippen molar-refractivity contribution in [2.45, 2.75) is 52.5 Å². The summed E-state index contributed by atoms with van der Waals surface area (Å²) in [6.07, 6.45) is 4.47. The summed E-state index contributed by atoms with van der Waals surface area (Å²) in [6, 6.07) is 7.09. The Balaban J connectivity index is 2.25. The molecule has 3 heteroatoms. The SMILES string of the molecule is CCc1cccc(CC)c1NC1=NC(CC)CCS1. The van der Waals surface area contributed by atoms with Gasteiger partial charge in [-0.3, -0.25) is 4.99 Å². The van der Waals surface area contributed by atoms with Crippen LogP contribution < -0.4 is 5.32 Å². The quantitative estimate of drug-likeness (QED) is 0.876. The average molecular weight is 276 g/mol. The molecule has 0 saturated heterocycles. The van der Waals surface area contributed by atoms with Gasteiger partial charge in [0.15, 0.2) is 5.17 Å². The molecule has 1 aromatic rings. The molecule has 2 rings (SSSR count). The molecule has 0 amide bonds. The molecule has 0 saturated carbocycles. The number of aryl methyl sites for hydroxylation is 2. The summed E-state index contributed by atoms with van der Waals surface area (Å²) in [4.78, 5) is 4.81. The summed E-state index contributed by atoms with van der Waals surface area (Å²) >= 11 is 1.85. The van der Waals surface area contributed by atoms with Crippen LogP contribution in [0.4, 0.5) is 5.69 Å². The minimum absolute atomic E-state index is 0.502. The number of thioether (sulfide) groups is 1. The van der Waals surface area contributed by atoms with Crippen LogP contribution in [0.3, 0.4) is 0 Å². The molecule has 104 valence electrons. The number of nitrogens with one attached hydrogen (secondary N) is 1. The largest absolute Gasteiger partial charge is 0.335 e. The summed E-state index contributed by atoms with van der Waals surface area (Å²) in [5, 5.41) is 4.70. The monoisotopic (exact) mass is 276 g/mol. The number of benzene rings is 1. The standard InChI is InChI=1S/C16H24N2S/c1-4-12-8-7-9-13(5-2)15(12)18-16-17-14(6-3)10-11-19-16/h7-9,14H,4-6,10-11H2,1-3H3,(H,17,18). The second kappa shape index (κ2) is 6.99. The van der Waals surface area contributed by atoms with Gasteiger partial charge in [0.2, 0.25) is 0 Å². The molecule has 0 spiro atoms. The Morgan fingerprint density at radius 3 is 2.47 bits per heavy atom. The molecule has 0 aliphatic carbocycles. The van der Waals surface area contributed by atoms with Crippen molar-refractivity contribution in [2.24, 2.45) is 4.99 Å². The van der Waals surface area contributed by atoms with Crippen LogP contribution in [0.15, 0.2) is 23.2 Å². The summed E-state index contributed by atoms with van der Waals surface area (Å²) in [5.41, 5.74) is 4.07. The maximum Gasteiger partial charge on any atom is 0.161 e. The lowest BCUT2D eigenvalue weighted by Gasteiger charge is -2.22. The fraction of sp³-hybridized carbons (Fsp3) is 0.562. The fourth-order valence-electron chi connectivity index (χ4n) is 2.43. The van der Waals surface area contributed by atoms with E-state index < -0.39 is 0 Å². The van der Waals surface area contributed by atoms with Crippen molar-refractivity contribution in [3.63, 3.8) is 0 Å². The summed E-state index contributed by atoms with van der Waals surface area (Å²) in [5.74, 6) is 1.18. The molecule has 1 N–H and O–H groups in total. The number of hydrogen-bond acceptors (Lipinski definition) is 3. The number of anilines is 1. The normalized spacial score (nSPS) is 19.1. The van der Waals surface area contributed by atoms with Crippen molar-refractivity contribution in [2.75, 3.05) is 11.1 Å². The number of hydrogen-bond donors (Lipinski definition) is 1. The molecule has 1 aliphatic rings. The van der Waals surface area contributed by atoms with Gasteiger partial charge < -0.3 is 5.32 Å². The fourth-order valence-corrected chi connectivity index (χ4v) is 3.41. The summed E-state index contributed by atoms with van der Waals surface area (Å²) < 4.78 is 0. The van der Waals surface area contributed by atoms with Crippen LogP contribution in [-0.4, -0.2) is 17.0 Å². The minimum Gasteiger partial charge on any atom is -0.335 e. The van der Waals surface area contributed by atoms with Crippen LogP contribution in [0.25, 0.3) is 0 Å². The van der Waals surface area contributed by atoms with Crippen molar-refractivity contribution in [3.05, 3.63) is 29.3 Å². The Kier molecular flexibility index (Phi) is 5.32. The second-order valence-corrected chi connectivity index (χ2v) is 6.00. The summed E-state index contributed by atoms with van der Waals surface area (Å²) in [7, 11) is 0.